The van der Waals surface area contributed by atoms with E-state index >= 15 is 0 Å². The number of aromatic nitrogens is 2. The maximum atomic E-state index is 5.76. The van der Waals surface area contributed by atoms with Crippen LogP contribution in [-0.4, -0.2) is 29.1 Å². The monoisotopic (exact) mass is 299 g/mol. The van der Waals surface area contributed by atoms with Gasteiger partial charge in [0.25, 0.3) is 0 Å². The Balaban J connectivity index is 1.86. The van der Waals surface area contributed by atoms with E-state index < -0.39 is 0 Å². The van der Waals surface area contributed by atoms with Crippen LogP contribution in [-0.2, 0) is 0 Å². The molecule has 0 spiro atoms. The maximum absolute atomic E-state index is 5.76. The zero-order chi connectivity index (χ0) is 15.6. The van der Waals surface area contributed by atoms with Crippen LogP contribution in [0.3, 0.4) is 0 Å². The fourth-order valence-electron chi connectivity index (χ4n) is 2.33. The molecule has 0 aromatic carbocycles. The van der Waals surface area contributed by atoms with Gasteiger partial charge in [0.2, 0.25) is 0 Å². The zero-order valence-electron chi connectivity index (χ0n) is 13.1. The number of nitrogens with one attached hydrogen (secondary N) is 2. The molecule has 4 N–H and O–H groups in total. The largest absolute Gasteiger partial charge is 0.370 e. The number of nitrogens with zero attached hydrogens (tertiary/aromatic N) is 2. The van der Waals surface area contributed by atoms with Gasteiger partial charge >= 0.3 is 0 Å². The SMILES string of the molecule is CC(CN)CC(CCNc1ccccn1)Nc1ccccn1. The minimum Gasteiger partial charge on any atom is -0.370 e. The van der Waals surface area contributed by atoms with Gasteiger partial charge in [-0.2, -0.15) is 0 Å². The highest BCUT2D eigenvalue weighted by molar-refractivity contribution is 5.35. The van der Waals surface area contributed by atoms with Crippen molar-refractivity contribution in [2.24, 2.45) is 11.7 Å². The van der Waals surface area contributed by atoms with Gasteiger partial charge in [-0.1, -0.05) is 19.1 Å². The predicted molar refractivity (Wildman–Crippen MR) is 91.8 cm³/mol. The normalized spacial score (nSPS) is 13.4. The highest BCUT2D eigenvalue weighted by atomic mass is 15.0. The first-order valence-corrected chi connectivity index (χ1v) is 7.80. The van der Waals surface area contributed by atoms with Crippen LogP contribution in [0, 0.1) is 5.92 Å². The first kappa shape index (κ1) is 16.2. The Morgan fingerprint density at radius 2 is 1.73 bits per heavy atom. The number of nitrogens with two attached hydrogens (primary N) is 1. The van der Waals surface area contributed by atoms with Crippen LogP contribution in [0.15, 0.2) is 48.8 Å². The lowest BCUT2D eigenvalue weighted by Crippen LogP contribution is -2.28. The average molecular weight is 299 g/mol. The van der Waals surface area contributed by atoms with E-state index in [9.17, 15) is 0 Å². The molecule has 2 unspecified atom stereocenters. The van der Waals surface area contributed by atoms with Gasteiger partial charge in [0.05, 0.1) is 0 Å². The predicted octanol–water partition coefficient (Wildman–Crippen LogP) is 2.74. The van der Waals surface area contributed by atoms with Crippen molar-refractivity contribution in [3.05, 3.63) is 48.8 Å². The van der Waals surface area contributed by atoms with E-state index in [-0.39, 0.29) is 0 Å². The summed E-state index contributed by atoms with van der Waals surface area (Å²) in [5.74, 6) is 2.30. The van der Waals surface area contributed by atoms with Crippen molar-refractivity contribution in [3.63, 3.8) is 0 Å². The summed E-state index contributed by atoms with van der Waals surface area (Å²) in [6.07, 6.45) is 5.61. The van der Waals surface area contributed by atoms with Crippen molar-refractivity contribution in [2.75, 3.05) is 23.7 Å². The second-order valence-corrected chi connectivity index (χ2v) is 5.56. The minimum absolute atomic E-state index is 0.338. The van der Waals surface area contributed by atoms with E-state index in [0.29, 0.717) is 18.5 Å². The third-order valence-electron chi connectivity index (χ3n) is 3.57. The topological polar surface area (TPSA) is 75.9 Å². The Bertz CT molecular complexity index is 517. The quantitative estimate of drug-likeness (QED) is 0.664. The first-order valence-electron chi connectivity index (χ1n) is 7.80. The molecule has 2 heterocycles. The number of rotatable bonds is 9. The van der Waals surface area contributed by atoms with Crippen molar-refractivity contribution in [1.82, 2.24) is 9.97 Å². The fraction of sp³-hybridized carbons (Fsp3) is 0.412. The van der Waals surface area contributed by atoms with Gasteiger partial charge in [-0.15, -0.1) is 0 Å². The zero-order valence-corrected chi connectivity index (χ0v) is 13.1. The summed E-state index contributed by atoms with van der Waals surface area (Å²) in [5.41, 5.74) is 5.76. The van der Waals surface area contributed by atoms with Crippen molar-refractivity contribution in [2.45, 2.75) is 25.8 Å². The average Bonchev–Trinajstić information content (AvgIpc) is 2.56. The van der Waals surface area contributed by atoms with Gasteiger partial charge in [-0.25, -0.2) is 9.97 Å². The summed E-state index contributed by atoms with van der Waals surface area (Å²) >= 11 is 0. The highest BCUT2D eigenvalue weighted by Gasteiger charge is 2.13. The molecule has 0 radical (unpaired) electrons. The van der Waals surface area contributed by atoms with Gasteiger partial charge in [0.15, 0.2) is 0 Å². The van der Waals surface area contributed by atoms with E-state index in [2.05, 4.69) is 27.5 Å². The third kappa shape index (κ3) is 5.69. The molecule has 0 aliphatic rings. The second-order valence-electron chi connectivity index (χ2n) is 5.56. The lowest BCUT2D eigenvalue weighted by Gasteiger charge is -2.22. The molecule has 5 nitrogen and oxygen atoms in total. The van der Waals surface area contributed by atoms with Crippen LogP contribution in [0.4, 0.5) is 11.6 Å². The molecule has 0 saturated heterocycles. The minimum atomic E-state index is 0.338. The molecule has 118 valence electrons. The van der Waals surface area contributed by atoms with Gasteiger partial charge in [-0.05, 0) is 49.6 Å². The standard InChI is InChI=1S/C17H25N5/c1-14(13-18)12-15(22-17-7-3-5-10-20-17)8-11-21-16-6-2-4-9-19-16/h2-7,9-10,14-15H,8,11-13,18H2,1H3,(H,19,21)(H,20,22). The molecule has 0 amide bonds. The molecule has 2 rings (SSSR count). The number of pyridine rings is 2. The van der Waals surface area contributed by atoms with Crippen molar-refractivity contribution in [1.29, 1.82) is 0 Å². The highest BCUT2D eigenvalue weighted by Crippen LogP contribution is 2.14. The summed E-state index contributed by atoms with van der Waals surface area (Å²) in [6, 6.07) is 12.1. The smallest absolute Gasteiger partial charge is 0.126 e. The van der Waals surface area contributed by atoms with Crippen LogP contribution in [0.2, 0.25) is 0 Å². The van der Waals surface area contributed by atoms with Gasteiger partial charge in [0.1, 0.15) is 11.6 Å². The van der Waals surface area contributed by atoms with E-state index in [1.165, 1.54) is 0 Å². The molecule has 0 aliphatic heterocycles. The fourth-order valence-corrected chi connectivity index (χ4v) is 2.33. The molecule has 0 aliphatic carbocycles. The molecular formula is C17H25N5. The Kier molecular flexibility index (Phi) is 6.64. The molecular weight excluding hydrogens is 274 g/mol. The number of anilines is 2. The van der Waals surface area contributed by atoms with Crippen LogP contribution < -0.4 is 16.4 Å². The molecule has 2 aromatic rings. The maximum Gasteiger partial charge on any atom is 0.126 e. The van der Waals surface area contributed by atoms with Crippen LogP contribution in [0.25, 0.3) is 0 Å². The lowest BCUT2D eigenvalue weighted by molar-refractivity contribution is 0.477. The number of hydrogen-bond acceptors (Lipinski definition) is 5. The van der Waals surface area contributed by atoms with Gasteiger partial charge in [0, 0.05) is 25.0 Å². The Morgan fingerprint density at radius 1 is 1.05 bits per heavy atom. The molecule has 2 atom stereocenters. The second kappa shape index (κ2) is 9.00. The Morgan fingerprint density at radius 3 is 2.32 bits per heavy atom. The third-order valence-corrected chi connectivity index (χ3v) is 3.57. The van der Waals surface area contributed by atoms with E-state index in [1.54, 1.807) is 12.4 Å². The van der Waals surface area contributed by atoms with E-state index in [4.69, 9.17) is 5.73 Å². The first-order chi connectivity index (χ1) is 10.8. The summed E-state index contributed by atoms with van der Waals surface area (Å²) in [5, 5.41) is 6.85. The van der Waals surface area contributed by atoms with Gasteiger partial charge < -0.3 is 16.4 Å². The Hall–Kier alpha value is -2.14. The van der Waals surface area contributed by atoms with Crippen LogP contribution in [0.1, 0.15) is 19.8 Å². The molecule has 2 aromatic heterocycles. The Labute approximate surface area is 132 Å². The van der Waals surface area contributed by atoms with Crippen molar-refractivity contribution < 1.29 is 0 Å². The van der Waals surface area contributed by atoms with Crippen molar-refractivity contribution in [3.8, 4) is 0 Å². The van der Waals surface area contributed by atoms with Crippen LogP contribution >= 0.6 is 0 Å². The molecule has 0 saturated carbocycles. The lowest BCUT2D eigenvalue weighted by atomic mass is 9.99. The van der Waals surface area contributed by atoms with Crippen molar-refractivity contribution >= 4 is 11.6 Å². The molecule has 0 bridgehead atoms. The summed E-state index contributed by atoms with van der Waals surface area (Å²) in [4.78, 5) is 8.62. The van der Waals surface area contributed by atoms with E-state index in [0.717, 1.165) is 31.0 Å². The number of hydrogen-bond donors (Lipinski definition) is 3. The molecule has 5 heteroatoms. The van der Waals surface area contributed by atoms with E-state index in [1.807, 2.05) is 36.4 Å². The van der Waals surface area contributed by atoms with Gasteiger partial charge in [-0.3, -0.25) is 0 Å². The summed E-state index contributed by atoms with van der Waals surface area (Å²) < 4.78 is 0. The summed E-state index contributed by atoms with van der Waals surface area (Å²) in [6.45, 7) is 3.74. The molecule has 0 fully saturated rings. The van der Waals surface area contributed by atoms with Crippen LogP contribution in [0.5, 0.6) is 0 Å². The molecule has 22 heavy (non-hydrogen) atoms. The summed E-state index contributed by atoms with van der Waals surface area (Å²) in [7, 11) is 0.